The van der Waals surface area contributed by atoms with Crippen LogP contribution in [0.15, 0.2) is 36.5 Å². The summed E-state index contributed by atoms with van der Waals surface area (Å²) in [5, 5.41) is 18.0. The number of hydrogen-bond donors (Lipinski definition) is 2. The summed E-state index contributed by atoms with van der Waals surface area (Å²) in [4.78, 5) is 12.7. The third-order valence-electron chi connectivity index (χ3n) is 4.62. The van der Waals surface area contributed by atoms with Gasteiger partial charge in [0.05, 0.1) is 24.0 Å². The summed E-state index contributed by atoms with van der Waals surface area (Å²) >= 11 is 0. The second kappa shape index (κ2) is 7.00. The van der Waals surface area contributed by atoms with Gasteiger partial charge in [0.25, 0.3) is 5.91 Å². The standard InChI is InChI=1S/C20H27N3O2/c1-14(2)12-23-18(15-9-10-15)17(11-22-23)19(24)21-13-20(3,25)16-7-5-4-6-8-16/h4-8,11,14-15,25H,9-10,12-13H2,1-3H3,(H,21,24). The van der Waals surface area contributed by atoms with Gasteiger partial charge in [0.15, 0.2) is 0 Å². The molecule has 3 rings (SSSR count). The van der Waals surface area contributed by atoms with Gasteiger partial charge in [-0.3, -0.25) is 9.48 Å². The maximum absolute atomic E-state index is 12.7. The van der Waals surface area contributed by atoms with E-state index in [1.54, 1.807) is 13.1 Å². The van der Waals surface area contributed by atoms with Gasteiger partial charge in [0, 0.05) is 12.5 Å². The van der Waals surface area contributed by atoms with Crippen molar-refractivity contribution in [1.82, 2.24) is 15.1 Å². The molecule has 1 unspecified atom stereocenters. The minimum Gasteiger partial charge on any atom is -0.384 e. The second-order valence-corrected chi connectivity index (χ2v) is 7.62. The Hall–Kier alpha value is -2.14. The molecule has 5 nitrogen and oxygen atoms in total. The molecule has 2 aromatic rings. The highest BCUT2D eigenvalue weighted by Gasteiger charge is 2.33. The molecule has 1 aliphatic rings. The van der Waals surface area contributed by atoms with E-state index in [4.69, 9.17) is 0 Å². The fourth-order valence-corrected chi connectivity index (χ4v) is 3.10. The SMILES string of the molecule is CC(C)Cn1ncc(C(=O)NCC(C)(O)c2ccccc2)c1C1CC1. The van der Waals surface area contributed by atoms with E-state index in [1.165, 1.54) is 0 Å². The van der Waals surface area contributed by atoms with Gasteiger partial charge in [-0.05, 0) is 31.2 Å². The van der Waals surface area contributed by atoms with Crippen molar-refractivity contribution in [2.24, 2.45) is 5.92 Å². The number of hydrogen-bond acceptors (Lipinski definition) is 3. The molecular weight excluding hydrogens is 314 g/mol. The number of nitrogens with zero attached hydrogens (tertiary/aromatic N) is 2. The van der Waals surface area contributed by atoms with Crippen molar-refractivity contribution in [3.63, 3.8) is 0 Å². The van der Waals surface area contributed by atoms with Crippen LogP contribution in [0.1, 0.15) is 61.1 Å². The van der Waals surface area contributed by atoms with E-state index < -0.39 is 5.60 Å². The van der Waals surface area contributed by atoms with Crippen LogP contribution in [0.5, 0.6) is 0 Å². The number of benzene rings is 1. The molecule has 1 amide bonds. The van der Waals surface area contributed by atoms with Crippen molar-refractivity contribution in [3.8, 4) is 0 Å². The van der Waals surface area contributed by atoms with E-state index >= 15 is 0 Å². The van der Waals surface area contributed by atoms with Crippen LogP contribution in [0.3, 0.4) is 0 Å². The molecule has 5 heteroatoms. The van der Waals surface area contributed by atoms with E-state index in [0.29, 0.717) is 17.4 Å². The maximum Gasteiger partial charge on any atom is 0.254 e. The molecule has 1 atom stereocenters. The molecular formula is C20H27N3O2. The van der Waals surface area contributed by atoms with E-state index in [2.05, 4.69) is 24.3 Å². The van der Waals surface area contributed by atoms with Crippen molar-refractivity contribution in [2.45, 2.75) is 51.7 Å². The Balaban J connectivity index is 1.72. The molecule has 0 saturated heterocycles. The molecule has 25 heavy (non-hydrogen) atoms. The molecule has 1 aromatic carbocycles. The smallest absolute Gasteiger partial charge is 0.254 e. The fraction of sp³-hybridized carbons (Fsp3) is 0.500. The number of rotatable bonds is 7. The first-order valence-corrected chi connectivity index (χ1v) is 9.00. The molecule has 1 fully saturated rings. The molecule has 2 N–H and O–H groups in total. The first kappa shape index (κ1) is 17.7. The van der Waals surface area contributed by atoms with Crippen molar-refractivity contribution in [2.75, 3.05) is 6.54 Å². The predicted octanol–water partition coefficient (Wildman–Crippen LogP) is 3.05. The molecule has 0 bridgehead atoms. The lowest BCUT2D eigenvalue weighted by molar-refractivity contribution is 0.0526. The highest BCUT2D eigenvalue weighted by molar-refractivity contribution is 5.95. The van der Waals surface area contributed by atoms with Crippen LogP contribution in [-0.4, -0.2) is 27.3 Å². The van der Waals surface area contributed by atoms with Gasteiger partial charge in [0.1, 0.15) is 5.60 Å². The number of amides is 1. The quantitative estimate of drug-likeness (QED) is 0.813. The number of aromatic nitrogens is 2. The Morgan fingerprint density at radius 1 is 1.36 bits per heavy atom. The topological polar surface area (TPSA) is 67.2 Å². The van der Waals surface area contributed by atoms with Crippen LogP contribution in [0.25, 0.3) is 0 Å². The average Bonchev–Trinajstić information content (AvgIpc) is 3.34. The van der Waals surface area contributed by atoms with Gasteiger partial charge in [-0.15, -0.1) is 0 Å². The Morgan fingerprint density at radius 2 is 2.04 bits per heavy atom. The van der Waals surface area contributed by atoms with E-state index in [-0.39, 0.29) is 12.5 Å². The van der Waals surface area contributed by atoms with Gasteiger partial charge in [0.2, 0.25) is 0 Å². The monoisotopic (exact) mass is 341 g/mol. The Labute approximate surface area is 149 Å². The predicted molar refractivity (Wildman–Crippen MR) is 97.4 cm³/mol. The maximum atomic E-state index is 12.7. The zero-order chi connectivity index (χ0) is 18.0. The van der Waals surface area contributed by atoms with Crippen LogP contribution in [-0.2, 0) is 12.1 Å². The zero-order valence-corrected chi connectivity index (χ0v) is 15.2. The molecule has 1 aromatic heterocycles. The van der Waals surface area contributed by atoms with Crippen LogP contribution >= 0.6 is 0 Å². The molecule has 134 valence electrons. The molecule has 1 heterocycles. The first-order chi connectivity index (χ1) is 11.9. The second-order valence-electron chi connectivity index (χ2n) is 7.62. The molecule has 1 aliphatic carbocycles. The van der Waals surface area contributed by atoms with Gasteiger partial charge < -0.3 is 10.4 Å². The minimum absolute atomic E-state index is 0.159. The summed E-state index contributed by atoms with van der Waals surface area (Å²) < 4.78 is 1.98. The normalized spacial score (nSPS) is 16.7. The highest BCUT2D eigenvalue weighted by Crippen LogP contribution is 2.41. The van der Waals surface area contributed by atoms with Crippen LogP contribution in [0.4, 0.5) is 0 Å². The summed E-state index contributed by atoms with van der Waals surface area (Å²) in [7, 11) is 0. The highest BCUT2D eigenvalue weighted by atomic mass is 16.3. The lowest BCUT2D eigenvalue weighted by Gasteiger charge is -2.24. The summed E-state index contributed by atoms with van der Waals surface area (Å²) in [5.74, 6) is 0.761. The largest absolute Gasteiger partial charge is 0.384 e. The molecule has 0 radical (unpaired) electrons. The Morgan fingerprint density at radius 3 is 2.64 bits per heavy atom. The van der Waals surface area contributed by atoms with E-state index in [9.17, 15) is 9.90 Å². The zero-order valence-electron chi connectivity index (χ0n) is 15.2. The first-order valence-electron chi connectivity index (χ1n) is 9.00. The van der Waals surface area contributed by atoms with Crippen molar-refractivity contribution in [3.05, 3.63) is 53.3 Å². The van der Waals surface area contributed by atoms with Crippen molar-refractivity contribution in [1.29, 1.82) is 0 Å². The fourth-order valence-electron chi connectivity index (χ4n) is 3.10. The average molecular weight is 341 g/mol. The van der Waals surface area contributed by atoms with Crippen LogP contribution in [0, 0.1) is 5.92 Å². The van der Waals surface area contributed by atoms with E-state index in [1.807, 2.05) is 35.0 Å². The number of nitrogens with one attached hydrogen (secondary N) is 1. The molecule has 0 aliphatic heterocycles. The third kappa shape index (κ3) is 4.10. The van der Waals surface area contributed by atoms with Gasteiger partial charge in [-0.25, -0.2) is 0 Å². The minimum atomic E-state index is -1.11. The number of carbonyl (C=O) groups excluding carboxylic acids is 1. The molecule has 0 spiro atoms. The summed E-state index contributed by atoms with van der Waals surface area (Å²) in [6, 6.07) is 9.40. The number of aliphatic hydroxyl groups is 1. The van der Waals surface area contributed by atoms with Gasteiger partial charge in [-0.1, -0.05) is 44.2 Å². The Bertz CT molecular complexity index is 731. The van der Waals surface area contributed by atoms with E-state index in [0.717, 1.165) is 30.6 Å². The summed E-state index contributed by atoms with van der Waals surface area (Å²) in [5.41, 5.74) is 1.37. The van der Waals surface area contributed by atoms with Crippen molar-refractivity contribution >= 4 is 5.91 Å². The van der Waals surface area contributed by atoms with Crippen LogP contribution < -0.4 is 5.32 Å². The lowest BCUT2D eigenvalue weighted by atomic mass is 9.96. The van der Waals surface area contributed by atoms with Crippen molar-refractivity contribution < 1.29 is 9.90 Å². The molecule has 1 saturated carbocycles. The Kier molecular flexibility index (Phi) is 4.95. The third-order valence-corrected chi connectivity index (χ3v) is 4.62. The number of carbonyl (C=O) groups is 1. The van der Waals surface area contributed by atoms with Gasteiger partial charge >= 0.3 is 0 Å². The van der Waals surface area contributed by atoms with Crippen LogP contribution in [0.2, 0.25) is 0 Å². The lowest BCUT2D eigenvalue weighted by Crippen LogP contribution is -2.38. The van der Waals surface area contributed by atoms with Gasteiger partial charge in [-0.2, -0.15) is 5.10 Å². The summed E-state index contributed by atoms with van der Waals surface area (Å²) in [6.07, 6.45) is 3.90. The summed E-state index contributed by atoms with van der Waals surface area (Å²) in [6.45, 7) is 6.99.